The van der Waals surface area contributed by atoms with Gasteiger partial charge in [0.15, 0.2) is 33.8 Å². The average molecular weight is 565 g/mol. The van der Waals surface area contributed by atoms with Gasteiger partial charge in [0, 0.05) is 24.1 Å². The summed E-state index contributed by atoms with van der Waals surface area (Å²) in [6.07, 6.45) is -1.52. The molecule has 2 aliphatic rings. The van der Waals surface area contributed by atoms with Crippen LogP contribution in [0.4, 0.5) is 14.6 Å². The van der Waals surface area contributed by atoms with Crippen LogP contribution < -0.4 is 5.32 Å². The maximum atomic E-state index is 13.8. The summed E-state index contributed by atoms with van der Waals surface area (Å²) in [6.45, 7) is 3.59. The lowest BCUT2D eigenvalue weighted by Gasteiger charge is -2.17. The molecule has 0 bridgehead atoms. The van der Waals surface area contributed by atoms with Crippen molar-refractivity contribution in [1.29, 1.82) is 0 Å². The molecule has 5 rings (SSSR count). The van der Waals surface area contributed by atoms with E-state index in [9.17, 15) is 23.8 Å². The maximum Gasteiger partial charge on any atom is 0.332 e. The molecule has 1 unspecified atom stereocenters. The zero-order chi connectivity index (χ0) is 27.7. The highest BCUT2D eigenvalue weighted by Crippen LogP contribution is 2.44. The zero-order valence-electron chi connectivity index (χ0n) is 21.5. The lowest BCUT2D eigenvalue weighted by Crippen LogP contribution is -2.34. The molecule has 3 N–H and O–H groups in total. The molecule has 0 radical (unpaired) electrons. The van der Waals surface area contributed by atoms with Gasteiger partial charge in [-0.2, -0.15) is 0 Å². The normalized spacial score (nSPS) is 26.2. The summed E-state index contributed by atoms with van der Waals surface area (Å²) in [5.74, 6) is -1.12. The van der Waals surface area contributed by atoms with Crippen LogP contribution in [0.25, 0.3) is 11.2 Å². The first kappa shape index (κ1) is 27.6. The third-order valence-corrected chi connectivity index (χ3v) is 7.91. The van der Waals surface area contributed by atoms with Gasteiger partial charge in [0.05, 0.1) is 18.8 Å². The van der Waals surface area contributed by atoms with E-state index in [0.717, 1.165) is 18.2 Å². The summed E-state index contributed by atoms with van der Waals surface area (Å²) in [5, 5.41) is 33.7. The van der Waals surface area contributed by atoms with Gasteiger partial charge in [-0.15, -0.1) is 5.10 Å². The second-order valence-corrected chi connectivity index (χ2v) is 10.7. The number of hydrogen-bond acceptors (Lipinski definition) is 11. The van der Waals surface area contributed by atoms with Crippen molar-refractivity contribution in [3.05, 3.63) is 35.4 Å². The molecule has 3 aromatic rings. The van der Waals surface area contributed by atoms with Gasteiger partial charge < -0.3 is 25.0 Å². The fourth-order valence-corrected chi connectivity index (χ4v) is 5.48. The Balaban J connectivity index is 1.38. The molecule has 0 aliphatic heterocycles. The number of fused-ring (bicyclic) bond motifs is 1. The van der Waals surface area contributed by atoms with Gasteiger partial charge >= 0.3 is 5.97 Å². The van der Waals surface area contributed by atoms with E-state index in [1.54, 1.807) is 13.0 Å². The first-order chi connectivity index (χ1) is 18.8. The highest BCUT2D eigenvalue weighted by atomic mass is 32.2. The highest BCUT2D eigenvalue weighted by molar-refractivity contribution is 7.99. The van der Waals surface area contributed by atoms with Crippen molar-refractivity contribution >= 4 is 34.7 Å². The number of thioether (sulfide) groups is 1. The Morgan fingerprint density at radius 3 is 2.74 bits per heavy atom. The van der Waals surface area contributed by atoms with Gasteiger partial charge in [0.1, 0.15) is 18.8 Å². The molecule has 11 nitrogen and oxygen atoms in total. The van der Waals surface area contributed by atoms with E-state index in [1.165, 1.54) is 22.5 Å². The van der Waals surface area contributed by atoms with Crippen LogP contribution in [0.5, 0.6) is 0 Å². The number of hydrogen-bond donors (Lipinski definition) is 3. The molecule has 0 spiro atoms. The monoisotopic (exact) mass is 564 g/mol. The van der Waals surface area contributed by atoms with Gasteiger partial charge in [-0.1, -0.05) is 30.0 Å². The van der Waals surface area contributed by atoms with Gasteiger partial charge in [0.2, 0.25) is 0 Å². The number of esters is 1. The Bertz CT molecular complexity index is 1350. The number of anilines is 1. The van der Waals surface area contributed by atoms with Gasteiger partial charge in [-0.25, -0.2) is 28.2 Å². The van der Waals surface area contributed by atoms with Crippen LogP contribution in [-0.4, -0.2) is 84.5 Å². The van der Waals surface area contributed by atoms with Crippen LogP contribution in [0.1, 0.15) is 50.6 Å². The second kappa shape index (κ2) is 11.7. The zero-order valence-corrected chi connectivity index (χ0v) is 22.3. The molecule has 2 aliphatic carbocycles. The Morgan fingerprint density at radius 1 is 1.18 bits per heavy atom. The number of nitrogens with zero attached hydrogens (tertiary/aromatic N) is 5. The Morgan fingerprint density at radius 2 is 2.00 bits per heavy atom. The number of halogens is 2. The van der Waals surface area contributed by atoms with Gasteiger partial charge in [-0.3, -0.25) is 0 Å². The lowest BCUT2D eigenvalue weighted by molar-refractivity contribution is -0.153. The lowest BCUT2D eigenvalue weighted by atomic mass is 10.1. The van der Waals surface area contributed by atoms with E-state index in [4.69, 9.17) is 9.47 Å². The number of carbonyl (C=O) groups excluding carboxylic acids is 1. The first-order valence-corrected chi connectivity index (χ1v) is 13.9. The number of nitrogens with one attached hydrogen (secondary N) is 1. The summed E-state index contributed by atoms with van der Waals surface area (Å²) in [6, 6.07) is 3.14. The number of rotatable bonds is 11. The Hall–Kier alpha value is -2.94. The van der Waals surface area contributed by atoms with Crippen LogP contribution in [0.15, 0.2) is 23.4 Å². The molecule has 6 atom stereocenters. The fourth-order valence-electron chi connectivity index (χ4n) is 4.79. The molecular formula is C25H30F2N6O5S. The van der Waals surface area contributed by atoms with Crippen molar-refractivity contribution in [2.24, 2.45) is 0 Å². The standard InChI is InChI=1S/C25H30F2N6O5S/c1-3-7-39-25-29-23(28-16-9-13(16)12-5-6-14(26)15(27)8-12)20-24(30-25)33(32-31-20)17-10-18(22(36)21(17)35)38-11-19(34)37-4-2/h5-6,8,13,16-18,21-22,35-36H,3-4,7,9-11H2,1-2H3,(H,28,29,30)/t13-,16+,17+,18?,21-,22+/m0/s1. The molecule has 14 heteroatoms. The molecule has 2 fully saturated rings. The van der Waals surface area contributed by atoms with Crippen molar-refractivity contribution in [3.8, 4) is 0 Å². The van der Waals surface area contributed by atoms with Crippen LogP contribution in [0.2, 0.25) is 0 Å². The van der Waals surface area contributed by atoms with Crippen molar-refractivity contribution in [3.63, 3.8) is 0 Å². The quantitative estimate of drug-likeness (QED) is 0.180. The smallest absolute Gasteiger partial charge is 0.332 e. The van der Waals surface area contributed by atoms with Crippen molar-refractivity contribution in [1.82, 2.24) is 25.0 Å². The third-order valence-electron chi connectivity index (χ3n) is 6.86. The topological polar surface area (TPSA) is 145 Å². The minimum atomic E-state index is -1.25. The molecule has 0 amide bonds. The number of benzene rings is 1. The Kier molecular flexibility index (Phi) is 8.26. The van der Waals surface area contributed by atoms with Crippen molar-refractivity contribution in [2.45, 2.75) is 74.6 Å². The number of carbonyl (C=O) groups is 1. The van der Waals surface area contributed by atoms with E-state index in [-0.39, 0.29) is 31.6 Å². The van der Waals surface area contributed by atoms with Crippen molar-refractivity contribution < 1.29 is 33.3 Å². The molecule has 210 valence electrons. The predicted molar refractivity (Wildman–Crippen MR) is 137 cm³/mol. The summed E-state index contributed by atoms with van der Waals surface area (Å²) in [4.78, 5) is 21.0. The molecular weight excluding hydrogens is 534 g/mol. The number of aromatic nitrogens is 5. The minimum absolute atomic E-state index is 0.0176. The summed E-state index contributed by atoms with van der Waals surface area (Å²) in [5.41, 5.74) is 1.45. The van der Waals surface area contributed by atoms with E-state index < -0.39 is 42.0 Å². The summed E-state index contributed by atoms with van der Waals surface area (Å²) >= 11 is 1.46. The number of aliphatic hydroxyl groups excluding tert-OH is 2. The molecule has 1 aromatic carbocycles. The summed E-state index contributed by atoms with van der Waals surface area (Å²) < 4.78 is 39.0. The van der Waals surface area contributed by atoms with Gasteiger partial charge in [-0.05, 0) is 37.5 Å². The van der Waals surface area contributed by atoms with Crippen LogP contribution >= 0.6 is 11.8 Å². The Labute approximate surface area is 227 Å². The maximum absolute atomic E-state index is 13.8. The molecule has 2 saturated carbocycles. The average Bonchev–Trinajstić information content (AvgIpc) is 3.46. The van der Waals surface area contributed by atoms with Crippen molar-refractivity contribution in [2.75, 3.05) is 24.3 Å². The molecule has 39 heavy (non-hydrogen) atoms. The number of ether oxygens (including phenoxy) is 2. The third kappa shape index (κ3) is 5.83. The first-order valence-electron chi connectivity index (χ1n) is 12.9. The molecule has 2 aromatic heterocycles. The minimum Gasteiger partial charge on any atom is -0.464 e. The second-order valence-electron chi connectivity index (χ2n) is 9.61. The van der Waals surface area contributed by atoms with E-state index >= 15 is 0 Å². The molecule has 2 heterocycles. The van der Waals surface area contributed by atoms with Crippen LogP contribution in [-0.2, 0) is 14.3 Å². The van der Waals surface area contributed by atoms with E-state index in [2.05, 4.69) is 25.6 Å². The predicted octanol–water partition coefficient (Wildman–Crippen LogP) is 2.58. The number of aliphatic hydroxyl groups is 2. The van der Waals surface area contributed by atoms with Crippen LogP contribution in [0, 0.1) is 11.6 Å². The van der Waals surface area contributed by atoms with Gasteiger partial charge in [0.25, 0.3) is 0 Å². The van der Waals surface area contributed by atoms with E-state index in [1.807, 2.05) is 6.92 Å². The SMILES string of the molecule is CCCSc1nc(N[C@@H]2C[C@H]2c2ccc(F)c(F)c2)c2nnn([C@@H]3CC(OCC(=O)OCC)[C@@H](O)[C@H]3O)c2n1. The highest BCUT2D eigenvalue weighted by Gasteiger charge is 2.45. The van der Waals surface area contributed by atoms with E-state index in [0.29, 0.717) is 34.1 Å². The fraction of sp³-hybridized carbons (Fsp3) is 0.560. The largest absolute Gasteiger partial charge is 0.464 e. The van der Waals surface area contributed by atoms with Crippen LogP contribution in [0.3, 0.4) is 0 Å². The summed E-state index contributed by atoms with van der Waals surface area (Å²) in [7, 11) is 0. The molecule has 0 saturated heterocycles.